The molecular formula is C11H15NO2. The SMILES string of the molecule is COc1ccc(C)c2c1OCC[C@@H]2N. The molecule has 0 unspecified atom stereocenters. The van der Waals surface area contributed by atoms with Gasteiger partial charge in [0.25, 0.3) is 0 Å². The van der Waals surface area contributed by atoms with Crippen molar-refractivity contribution >= 4 is 0 Å². The van der Waals surface area contributed by atoms with Gasteiger partial charge in [-0.1, -0.05) is 6.07 Å². The summed E-state index contributed by atoms with van der Waals surface area (Å²) in [5, 5.41) is 0. The quantitative estimate of drug-likeness (QED) is 0.739. The van der Waals surface area contributed by atoms with E-state index in [0.29, 0.717) is 6.61 Å². The van der Waals surface area contributed by atoms with Gasteiger partial charge in [-0.15, -0.1) is 0 Å². The number of hydrogen-bond donors (Lipinski definition) is 1. The van der Waals surface area contributed by atoms with Crippen LogP contribution in [0.5, 0.6) is 11.5 Å². The molecule has 2 N–H and O–H groups in total. The maximum absolute atomic E-state index is 6.04. The summed E-state index contributed by atoms with van der Waals surface area (Å²) in [6.07, 6.45) is 0.876. The molecule has 3 heteroatoms. The number of nitrogens with two attached hydrogens (primary N) is 1. The van der Waals surface area contributed by atoms with E-state index in [2.05, 4.69) is 0 Å². The van der Waals surface area contributed by atoms with Crippen molar-refractivity contribution in [3.05, 3.63) is 23.3 Å². The fraction of sp³-hybridized carbons (Fsp3) is 0.455. The molecule has 3 nitrogen and oxygen atoms in total. The lowest BCUT2D eigenvalue weighted by atomic mass is 9.96. The minimum atomic E-state index is 0.0776. The summed E-state index contributed by atoms with van der Waals surface area (Å²) in [6, 6.07) is 4.02. The zero-order chi connectivity index (χ0) is 10.1. The van der Waals surface area contributed by atoms with E-state index in [1.807, 2.05) is 19.1 Å². The van der Waals surface area contributed by atoms with E-state index < -0.39 is 0 Å². The molecule has 0 saturated carbocycles. The molecule has 1 aliphatic rings. The average molecular weight is 193 g/mol. The standard InChI is InChI=1S/C11H15NO2/c1-7-3-4-9(13-2)11-10(7)8(12)5-6-14-11/h3-4,8H,5-6,12H2,1-2H3/t8-/m0/s1. The summed E-state index contributed by atoms with van der Waals surface area (Å²) < 4.78 is 10.8. The number of methoxy groups -OCH3 is 1. The molecule has 0 amide bonds. The zero-order valence-corrected chi connectivity index (χ0v) is 8.54. The van der Waals surface area contributed by atoms with Crippen molar-refractivity contribution in [3.8, 4) is 11.5 Å². The van der Waals surface area contributed by atoms with E-state index in [4.69, 9.17) is 15.2 Å². The molecule has 76 valence electrons. The minimum Gasteiger partial charge on any atom is -0.493 e. The summed E-state index contributed by atoms with van der Waals surface area (Å²) in [4.78, 5) is 0. The Morgan fingerprint density at radius 1 is 1.50 bits per heavy atom. The fourth-order valence-electron chi connectivity index (χ4n) is 1.88. The summed E-state index contributed by atoms with van der Waals surface area (Å²) in [7, 11) is 1.65. The number of hydrogen-bond acceptors (Lipinski definition) is 3. The van der Waals surface area contributed by atoms with E-state index in [0.717, 1.165) is 23.5 Å². The minimum absolute atomic E-state index is 0.0776. The second kappa shape index (κ2) is 3.50. The van der Waals surface area contributed by atoms with Crippen molar-refractivity contribution in [3.63, 3.8) is 0 Å². The monoisotopic (exact) mass is 193 g/mol. The number of benzene rings is 1. The third-order valence-corrected chi connectivity index (χ3v) is 2.64. The maximum atomic E-state index is 6.04. The number of fused-ring (bicyclic) bond motifs is 1. The van der Waals surface area contributed by atoms with Gasteiger partial charge < -0.3 is 15.2 Å². The van der Waals surface area contributed by atoms with Crippen LogP contribution in [0.2, 0.25) is 0 Å². The smallest absolute Gasteiger partial charge is 0.166 e. The van der Waals surface area contributed by atoms with Gasteiger partial charge in [0.1, 0.15) is 0 Å². The average Bonchev–Trinajstić information content (AvgIpc) is 2.18. The number of rotatable bonds is 1. The van der Waals surface area contributed by atoms with Crippen LogP contribution in [0.15, 0.2) is 12.1 Å². The van der Waals surface area contributed by atoms with Gasteiger partial charge in [-0.25, -0.2) is 0 Å². The first-order valence-electron chi connectivity index (χ1n) is 4.80. The molecule has 1 atom stereocenters. The molecule has 0 saturated heterocycles. The third kappa shape index (κ3) is 1.34. The molecule has 1 aromatic carbocycles. The molecule has 0 radical (unpaired) electrons. The number of aryl methyl sites for hydroxylation is 1. The van der Waals surface area contributed by atoms with Gasteiger partial charge in [0, 0.05) is 18.0 Å². The molecule has 0 bridgehead atoms. The lowest BCUT2D eigenvalue weighted by Gasteiger charge is -2.26. The van der Waals surface area contributed by atoms with Gasteiger partial charge in [-0.05, 0) is 18.6 Å². The van der Waals surface area contributed by atoms with Crippen LogP contribution < -0.4 is 15.2 Å². The Hall–Kier alpha value is -1.22. The van der Waals surface area contributed by atoms with Crippen LogP contribution in [0.25, 0.3) is 0 Å². The Morgan fingerprint density at radius 3 is 3.00 bits per heavy atom. The van der Waals surface area contributed by atoms with Crippen LogP contribution in [0.1, 0.15) is 23.6 Å². The van der Waals surface area contributed by atoms with Gasteiger partial charge in [0.05, 0.1) is 13.7 Å². The Kier molecular flexibility index (Phi) is 2.33. The second-order valence-electron chi connectivity index (χ2n) is 3.57. The summed E-state index contributed by atoms with van der Waals surface area (Å²) in [5.74, 6) is 1.60. The molecule has 14 heavy (non-hydrogen) atoms. The van der Waals surface area contributed by atoms with E-state index in [9.17, 15) is 0 Å². The van der Waals surface area contributed by atoms with Gasteiger partial charge in [-0.3, -0.25) is 0 Å². The van der Waals surface area contributed by atoms with E-state index in [1.165, 1.54) is 5.56 Å². The highest BCUT2D eigenvalue weighted by Gasteiger charge is 2.23. The lowest BCUT2D eigenvalue weighted by molar-refractivity contribution is 0.252. The molecule has 1 aliphatic heterocycles. The molecular weight excluding hydrogens is 178 g/mol. The predicted octanol–water partition coefficient (Wildman–Crippen LogP) is 1.79. The van der Waals surface area contributed by atoms with Gasteiger partial charge >= 0.3 is 0 Å². The van der Waals surface area contributed by atoms with E-state index in [-0.39, 0.29) is 6.04 Å². The van der Waals surface area contributed by atoms with Crippen LogP contribution in [0.3, 0.4) is 0 Å². The van der Waals surface area contributed by atoms with Crippen molar-refractivity contribution in [2.24, 2.45) is 5.73 Å². The largest absolute Gasteiger partial charge is 0.493 e. The Labute approximate surface area is 83.8 Å². The van der Waals surface area contributed by atoms with E-state index >= 15 is 0 Å². The predicted molar refractivity (Wildman–Crippen MR) is 54.8 cm³/mol. The van der Waals surface area contributed by atoms with Crippen LogP contribution in [-0.2, 0) is 0 Å². The van der Waals surface area contributed by atoms with Crippen LogP contribution >= 0.6 is 0 Å². The normalized spacial score (nSPS) is 19.8. The molecule has 0 aliphatic carbocycles. The van der Waals surface area contributed by atoms with Crippen LogP contribution in [0, 0.1) is 6.92 Å². The van der Waals surface area contributed by atoms with Gasteiger partial charge in [0.15, 0.2) is 11.5 Å². The fourth-order valence-corrected chi connectivity index (χ4v) is 1.88. The van der Waals surface area contributed by atoms with E-state index in [1.54, 1.807) is 7.11 Å². The molecule has 1 heterocycles. The van der Waals surface area contributed by atoms with Crippen LogP contribution in [0.4, 0.5) is 0 Å². The Bertz CT molecular complexity index is 349. The molecule has 0 aromatic heterocycles. The van der Waals surface area contributed by atoms with Gasteiger partial charge in [-0.2, -0.15) is 0 Å². The maximum Gasteiger partial charge on any atom is 0.166 e. The number of ether oxygens (including phenoxy) is 2. The molecule has 2 rings (SSSR count). The zero-order valence-electron chi connectivity index (χ0n) is 8.54. The molecule has 1 aromatic rings. The Balaban J connectivity index is 2.57. The Morgan fingerprint density at radius 2 is 2.29 bits per heavy atom. The van der Waals surface area contributed by atoms with Gasteiger partial charge in [0.2, 0.25) is 0 Å². The summed E-state index contributed by atoms with van der Waals surface area (Å²) >= 11 is 0. The first kappa shape index (κ1) is 9.34. The topological polar surface area (TPSA) is 44.5 Å². The third-order valence-electron chi connectivity index (χ3n) is 2.64. The summed E-state index contributed by atoms with van der Waals surface area (Å²) in [6.45, 7) is 2.72. The first-order chi connectivity index (χ1) is 6.74. The highest BCUT2D eigenvalue weighted by Crippen LogP contribution is 2.40. The van der Waals surface area contributed by atoms with Crippen molar-refractivity contribution in [2.45, 2.75) is 19.4 Å². The highest BCUT2D eigenvalue weighted by molar-refractivity contribution is 5.52. The van der Waals surface area contributed by atoms with Crippen LogP contribution in [-0.4, -0.2) is 13.7 Å². The molecule has 0 fully saturated rings. The highest BCUT2D eigenvalue weighted by atomic mass is 16.5. The first-order valence-corrected chi connectivity index (χ1v) is 4.80. The summed E-state index contributed by atoms with van der Waals surface area (Å²) in [5.41, 5.74) is 8.30. The van der Waals surface area contributed by atoms with Crippen molar-refractivity contribution in [1.29, 1.82) is 0 Å². The van der Waals surface area contributed by atoms with Crippen molar-refractivity contribution in [2.75, 3.05) is 13.7 Å². The second-order valence-corrected chi connectivity index (χ2v) is 3.57. The van der Waals surface area contributed by atoms with Crippen molar-refractivity contribution in [1.82, 2.24) is 0 Å². The molecule has 0 spiro atoms. The van der Waals surface area contributed by atoms with Crippen molar-refractivity contribution < 1.29 is 9.47 Å². The lowest BCUT2D eigenvalue weighted by Crippen LogP contribution is -2.22.